The highest BCUT2D eigenvalue weighted by atomic mass is 79.9. The van der Waals surface area contributed by atoms with Gasteiger partial charge in [0.05, 0.1) is 23.1 Å². The van der Waals surface area contributed by atoms with Gasteiger partial charge < -0.3 is 0 Å². The fourth-order valence-electron chi connectivity index (χ4n) is 0.920. The van der Waals surface area contributed by atoms with Gasteiger partial charge in [-0.3, -0.25) is 0 Å². The molecular formula is C9H4BrClN2. The van der Waals surface area contributed by atoms with Crippen LogP contribution in [-0.2, 0) is 6.42 Å². The molecule has 0 aromatic heterocycles. The van der Waals surface area contributed by atoms with Crippen molar-refractivity contribution in [3.8, 4) is 12.1 Å². The maximum Gasteiger partial charge on any atom is 0.102 e. The van der Waals surface area contributed by atoms with Gasteiger partial charge in [0.15, 0.2) is 0 Å². The van der Waals surface area contributed by atoms with Crippen molar-refractivity contribution in [2.75, 3.05) is 0 Å². The lowest BCUT2D eigenvalue weighted by molar-refractivity contribution is 1.25. The predicted molar refractivity (Wildman–Crippen MR) is 53.2 cm³/mol. The third-order valence-corrected chi connectivity index (χ3v) is 2.64. The number of hydrogen-bond acceptors (Lipinski definition) is 2. The van der Waals surface area contributed by atoms with Gasteiger partial charge in [0.1, 0.15) is 6.07 Å². The highest BCUT2D eigenvalue weighted by molar-refractivity contribution is 9.10. The van der Waals surface area contributed by atoms with Crippen molar-refractivity contribution < 1.29 is 0 Å². The highest BCUT2D eigenvalue weighted by Crippen LogP contribution is 2.27. The summed E-state index contributed by atoms with van der Waals surface area (Å²) in [6.45, 7) is 0. The van der Waals surface area contributed by atoms with Crippen LogP contribution in [0.4, 0.5) is 0 Å². The summed E-state index contributed by atoms with van der Waals surface area (Å²) in [6, 6.07) is 7.41. The molecule has 2 nitrogen and oxygen atoms in total. The molecule has 0 fully saturated rings. The first-order chi connectivity index (χ1) is 6.20. The number of halogens is 2. The molecular weight excluding hydrogens is 251 g/mol. The SMILES string of the molecule is N#CCc1ccc(Br)c(C#N)c1Cl. The topological polar surface area (TPSA) is 47.6 Å². The number of rotatable bonds is 1. The second-order valence-corrected chi connectivity index (χ2v) is 3.57. The lowest BCUT2D eigenvalue weighted by Gasteiger charge is -2.02. The molecule has 1 rings (SSSR count). The molecule has 0 heterocycles. The van der Waals surface area contributed by atoms with Gasteiger partial charge in [-0.1, -0.05) is 17.7 Å². The van der Waals surface area contributed by atoms with Crippen LogP contribution in [0.15, 0.2) is 16.6 Å². The van der Waals surface area contributed by atoms with Gasteiger partial charge >= 0.3 is 0 Å². The third-order valence-electron chi connectivity index (χ3n) is 1.55. The smallest absolute Gasteiger partial charge is 0.102 e. The molecule has 1 aromatic rings. The van der Waals surface area contributed by atoms with E-state index in [0.29, 0.717) is 20.6 Å². The van der Waals surface area contributed by atoms with E-state index in [9.17, 15) is 0 Å². The van der Waals surface area contributed by atoms with Crippen LogP contribution in [0.3, 0.4) is 0 Å². The summed E-state index contributed by atoms with van der Waals surface area (Å²) in [7, 11) is 0. The van der Waals surface area contributed by atoms with E-state index in [1.54, 1.807) is 12.1 Å². The number of benzene rings is 1. The average Bonchev–Trinajstić information content (AvgIpc) is 2.11. The molecule has 0 aliphatic heterocycles. The van der Waals surface area contributed by atoms with Crippen molar-refractivity contribution in [2.24, 2.45) is 0 Å². The quantitative estimate of drug-likeness (QED) is 0.774. The van der Waals surface area contributed by atoms with Crippen molar-refractivity contribution in [3.63, 3.8) is 0 Å². The van der Waals surface area contributed by atoms with Crippen LogP contribution in [0, 0.1) is 22.7 Å². The van der Waals surface area contributed by atoms with Gasteiger partial charge in [0.2, 0.25) is 0 Å². The van der Waals surface area contributed by atoms with E-state index in [-0.39, 0.29) is 6.42 Å². The fraction of sp³-hybridized carbons (Fsp3) is 0.111. The first kappa shape index (κ1) is 10.1. The Morgan fingerprint density at radius 1 is 1.38 bits per heavy atom. The van der Waals surface area contributed by atoms with Crippen LogP contribution in [0.2, 0.25) is 5.02 Å². The molecule has 0 saturated heterocycles. The van der Waals surface area contributed by atoms with E-state index in [1.807, 2.05) is 12.1 Å². The first-order valence-electron chi connectivity index (χ1n) is 3.44. The zero-order valence-electron chi connectivity index (χ0n) is 6.51. The maximum absolute atomic E-state index is 8.74. The average molecular weight is 256 g/mol. The van der Waals surface area contributed by atoms with E-state index in [2.05, 4.69) is 15.9 Å². The zero-order valence-corrected chi connectivity index (χ0v) is 8.85. The van der Waals surface area contributed by atoms with E-state index >= 15 is 0 Å². The first-order valence-corrected chi connectivity index (χ1v) is 4.61. The molecule has 64 valence electrons. The molecule has 0 atom stereocenters. The van der Waals surface area contributed by atoms with E-state index in [0.717, 1.165) is 0 Å². The minimum atomic E-state index is 0.223. The largest absolute Gasteiger partial charge is 0.198 e. The van der Waals surface area contributed by atoms with Gasteiger partial charge in [-0.15, -0.1) is 0 Å². The number of hydrogen-bond donors (Lipinski definition) is 0. The van der Waals surface area contributed by atoms with Gasteiger partial charge in [-0.2, -0.15) is 10.5 Å². The van der Waals surface area contributed by atoms with Crippen molar-refractivity contribution in [1.29, 1.82) is 10.5 Å². The molecule has 0 N–H and O–H groups in total. The Balaban J connectivity index is 3.31. The number of nitrogens with zero attached hydrogens (tertiary/aromatic N) is 2. The molecule has 1 aromatic carbocycles. The molecule has 0 saturated carbocycles. The molecule has 0 aliphatic rings. The molecule has 0 radical (unpaired) electrons. The maximum atomic E-state index is 8.74. The summed E-state index contributed by atoms with van der Waals surface area (Å²) in [6.07, 6.45) is 0.223. The molecule has 0 unspecified atom stereocenters. The van der Waals surface area contributed by atoms with Gasteiger partial charge in [-0.05, 0) is 27.6 Å². The standard InChI is InChI=1S/C9H4BrClN2/c10-8-2-1-6(3-4-12)9(11)7(8)5-13/h1-2H,3H2. The second kappa shape index (κ2) is 4.28. The van der Waals surface area contributed by atoms with Crippen molar-refractivity contribution >= 4 is 27.5 Å². The van der Waals surface area contributed by atoms with Crippen molar-refractivity contribution in [3.05, 3.63) is 32.8 Å². The van der Waals surface area contributed by atoms with E-state index in [1.165, 1.54) is 0 Å². The Labute approximate surface area is 89.5 Å². The van der Waals surface area contributed by atoms with Crippen LogP contribution in [0.1, 0.15) is 11.1 Å². The van der Waals surface area contributed by atoms with E-state index in [4.69, 9.17) is 22.1 Å². The minimum absolute atomic E-state index is 0.223. The zero-order chi connectivity index (χ0) is 9.84. The molecule has 13 heavy (non-hydrogen) atoms. The molecule has 0 spiro atoms. The number of nitriles is 2. The Kier molecular flexibility index (Phi) is 3.31. The van der Waals surface area contributed by atoms with Gasteiger partial charge in [-0.25, -0.2) is 0 Å². The second-order valence-electron chi connectivity index (χ2n) is 2.34. The Morgan fingerprint density at radius 3 is 2.62 bits per heavy atom. The summed E-state index contributed by atoms with van der Waals surface area (Å²) < 4.78 is 0.654. The fourth-order valence-corrected chi connectivity index (χ4v) is 1.73. The molecule has 4 heteroatoms. The summed E-state index contributed by atoms with van der Waals surface area (Å²) in [5.74, 6) is 0. The van der Waals surface area contributed by atoms with E-state index < -0.39 is 0 Å². The highest BCUT2D eigenvalue weighted by Gasteiger charge is 2.08. The minimum Gasteiger partial charge on any atom is -0.198 e. The van der Waals surface area contributed by atoms with Crippen LogP contribution in [0.25, 0.3) is 0 Å². The molecule has 0 aliphatic carbocycles. The normalized spacial score (nSPS) is 8.92. The third kappa shape index (κ3) is 2.01. The van der Waals surface area contributed by atoms with Crippen LogP contribution in [-0.4, -0.2) is 0 Å². The summed E-state index contributed by atoms with van der Waals surface area (Å²) >= 11 is 9.09. The van der Waals surface area contributed by atoms with Crippen LogP contribution in [0.5, 0.6) is 0 Å². The lowest BCUT2D eigenvalue weighted by atomic mass is 10.1. The summed E-state index contributed by atoms with van der Waals surface area (Å²) in [4.78, 5) is 0. The van der Waals surface area contributed by atoms with Crippen LogP contribution >= 0.6 is 27.5 Å². The summed E-state index contributed by atoms with van der Waals surface area (Å²) in [5, 5.41) is 17.6. The Bertz CT molecular complexity index is 415. The lowest BCUT2D eigenvalue weighted by Crippen LogP contribution is -1.88. The van der Waals surface area contributed by atoms with Crippen LogP contribution < -0.4 is 0 Å². The van der Waals surface area contributed by atoms with Gasteiger partial charge in [0, 0.05) is 4.47 Å². The summed E-state index contributed by atoms with van der Waals surface area (Å²) in [5.41, 5.74) is 1.07. The Hall–Kier alpha value is -1.03. The monoisotopic (exact) mass is 254 g/mol. The van der Waals surface area contributed by atoms with Crippen molar-refractivity contribution in [1.82, 2.24) is 0 Å². The molecule has 0 amide bonds. The Morgan fingerprint density at radius 2 is 2.08 bits per heavy atom. The molecule has 0 bridgehead atoms. The van der Waals surface area contributed by atoms with Gasteiger partial charge in [0.25, 0.3) is 0 Å². The predicted octanol–water partition coefficient (Wildman–Crippen LogP) is 3.04. The van der Waals surface area contributed by atoms with Crippen molar-refractivity contribution in [2.45, 2.75) is 6.42 Å².